The average Bonchev–Trinajstić information content (AvgIpc) is 2.70. The van der Waals surface area contributed by atoms with Gasteiger partial charge in [0.05, 0.1) is 12.1 Å². The lowest BCUT2D eigenvalue weighted by Crippen LogP contribution is -2.27. The summed E-state index contributed by atoms with van der Waals surface area (Å²) in [5.74, 6) is 0. The smallest absolute Gasteiger partial charge is 0.416 e. The molecule has 104 valence electrons. The van der Waals surface area contributed by atoms with Gasteiger partial charge in [-0.3, -0.25) is 0 Å². The van der Waals surface area contributed by atoms with Crippen molar-refractivity contribution in [3.8, 4) is 0 Å². The normalized spacial score (nSPS) is 19.7. The van der Waals surface area contributed by atoms with E-state index in [1.54, 1.807) is 0 Å². The van der Waals surface area contributed by atoms with Gasteiger partial charge in [0.1, 0.15) is 6.10 Å². The molecule has 7 heteroatoms. The summed E-state index contributed by atoms with van der Waals surface area (Å²) < 4.78 is 42.6. The Morgan fingerprint density at radius 3 is 2.74 bits per heavy atom. The van der Waals surface area contributed by atoms with Crippen molar-refractivity contribution in [1.82, 2.24) is 4.90 Å². The maximum Gasteiger partial charge on any atom is 0.416 e. The van der Waals surface area contributed by atoms with E-state index in [4.69, 9.17) is 10.5 Å². The maximum absolute atomic E-state index is 12.6. The molecule has 1 aromatic rings. The first-order valence-electron chi connectivity index (χ1n) is 5.72. The molecule has 4 nitrogen and oxygen atoms in total. The van der Waals surface area contributed by atoms with Crippen LogP contribution in [-0.4, -0.2) is 30.2 Å². The first kappa shape index (κ1) is 13.7. The summed E-state index contributed by atoms with van der Waals surface area (Å²) in [7, 11) is 0. The van der Waals surface area contributed by atoms with Crippen LogP contribution >= 0.6 is 0 Å². The minimum absolute atomic E-state index is 0.0826. The van der Waals surface area contributed by atoms with Crippen LogP contribution in [0.3, 0.4) is 0 Å². The van der Waals surface area contributed by atoms with Crippen molar-refractivity contribution < 1.29 is 22.7 Å². The number of carbonyl (C=O) groups excluding carboxylic acids is 1. The van der Waals surface area contributed by atoms with E-state index in [1.807, 2.05) is 0 Å². The molecule has 2 rings (SSSR count). The molecule has 19 heavy (non-hydrogen) atoms. The lowest BCUT2D eigenvalue weighted by Gasteiger charge is -2.14. The lowest BCUT2D eigenvalue weighted by molar-refractivity contribution is -0.137. The molecule has 1 aliphatic heterocycles. The second-order valence-electron chi connectivity index (χ2n) is 4.32. The number of alkyl halides is 3. The Kier molecular flexibility index (Phi) is 3.66. The molecule has 1 atom stereocenters. The third-order valence-corrected chi connectivity index (χ3v) is 2.84. The molecular weight excluding hydrogens is 261 g/mol. The van der Waals surface area contributed by atoms with E-state index < -0.39 is 23.9 Å². The highest BCUT2D eigenvalue weighted by Crippen LogP contribution is 2.30. The van der Waals surface area contributed by atoms with Gasteiger partial charge in [-0.2, -0.15) is 13.2 Å². The van der Waals surface area contributed by atoms with Crippen LogP contribution in [0, 0.1) is 0 Å². The molecule has 0 spiro atoms. The number of hydrogen-bond donors (Lipinski definition) is 1. The summed E-state index contributed by atoms with van der Waals surface area (Å²) in [6.45, 7) is 0.579. The molecule has 0 saturated carbocycles. The van der Waals surface area contributed by atoms with E-state index in [9.17, 15) is 18.0 Å². The molecule has 1 fully saturated rings. The molecule has 2 N–H and O–H groups in total. The van der Waals surface area contributed by atoms with Gasteiger partial charge in [-0.25, -0.2) is 4.79 Å². The molecule has 1 aliphatic rings. The Hall–Kier alpha value is -1.76. The predicted molar refractivity (Wildman–Crippen MR) is 61.2 cm³/mol. The van der Waals surface area contributed by atoms with Gasteiger partial charge in [0.2, 0.25) is 0 Å². The fourth-order valence-corrected chi connectivity index (χ4v) is 1.89. The summed E-state index contributed by atoms with van der Waals surface area (Å²) in [4.78, 5) is 12.8. The molecule has 0 radical (unpaired) electrons. The number of rotatable bonds is 3. The van der Waals surface area contributed by atoms with E-state index in [-0.39, 0.29) is 13.1 Å². The Morgan fingerprint density at radius 2 is 2.16 bits per heavy atom. The number of carbonyl (C=O) groups is 1. The van der Waals surface area contributed by atoms with Crippen molar-refractivity contribution in [3.05, 3.63) is 35.4 Å². The van der Waals surface area contributed by atoms with Crippen LogP contribution < -0.4 is 5.73 Å². The number of cyclic esters (lactones) is 1. The first-order valence-corrected chi connectivity index (χ1v) is 5.72. The zero-order chi connectivity index (χ0) is 14.0. The van der Waals surface area contributed by atoms with Crippen molar-refractivity contribution in [2.24, 2.45) is 5.73 Å². The topological polar surface area (TPSA) is 55.6 Å². The summed E-state index contributed by atoms with van der Waals surface area (Å²) in [6, 6.07) is 4.88. The maximum atomic E-state index is 12.6. The Bertz CT molecular complexity index is 476. The highest BCUT2D eigenvalue weighted by Gasteiger charge is 2.32. The van der Waals surface area contributed by atoms with Crippen molar-refractivity contribution in [1.29, 1.82) is 0 Å². The van der Waals surface area contributed by atoms with Crippen molar-refractivity contribution in [2.75, 3.05) is 13.1 Å². The van der Waals surface area contributed by atoms with Crippen molar-refractivity contribution in [3.63, 3.8) is 0 Å². The third kappa shape index (κ3) is 3.17. The number of nitrogens with zero attached hydrogens (tertiary/aromatic N) is 1. The van der Waals surface area contributed by atoms with Crippen LogP contribution in [0.1, 0.15) is 11.1 Å². The van der Waals surface area contributed by atoms with Gasteiger partial charge in [0, 0.05) is 13.1 Å². The van der Waals surface area contributed by atoms with Gasteiger partial charge in [-0.05, 0) is 17.7 Å². The molecule has 1 aromatic carbocycles. The van der Waals surface area contributed by atoms with Crippen molar-refractivity contribution >= 4 is 6.09 Å². The van der Waals surface area contributed by atoms with Crippen LogP contribution in [0.5, 0.6) is 0 Å². The van der Waals surface area contributed by atoms with Crippen molar-refractivity contribution in [2.45, 2.75) is 18.8 Å². The van der Waals surface area contributed by atoms with Crippen LogP contribution in [0.15, 0.2) is 24.3 Å². The van der Waals surface area contributed by atoms with Crippen LogP contribution in [-0.2, 0) is 17.5 Å². The van der Waals surface area contributed by atoms with E-state index in [0.29, 0.717) is 12.1 Å². The van der Waals surface area contributed by atoms with E-state index in [1.165, 1.54) is 17.0 Å². The standard InChI is InChI=1S/C12H13F3N2O2/c13-12(14,15)9-3-1-2-8(4-9)6-17-7-10(5-16)19-11(17)18/h1-4,10H,5-7,16H2/t10-/m0/s1. The van der Waals surface area contributed by atoms with Crippen LogP contribution in [0.25, 0.3) is 0 Å². The van der Waals surface area contributed by atoms with Gasteiger partial charge >= 0.3 is 12.3 Å². The second-order valence-corrected chi connectivity index (χ2v) is 4.32. The number of ether oxygens (including phenoxy) is 1. The zero-order valence-electron chi connectivity index (χ0n) is 9.98. The average molecular weight is 274 g/mol. The molecule has 0 aliphatic carbocycles. The van der Waals surface area contributed by atoms with Gasteiger partial charge in [-0.15, -0.1) is 0 Å². The number of nitrogens with two attached hydrogens (primary N) is 1. The summed E-state index contributed by atoms with van der Waals surface area (Å²) >= 11 is 0. The largest absolute Gasteiger partial charge is 0.443 e. The lowest BCUT2D eigenvalue weighted by atomic mass is 10.1. The highest BCUT2D eigenvalue weighted by atomic mass is 19.4. The number of amides is 1. The Labute approximate surface area is 107 Å². The monoisotopic (exact) mass is 274 g/mol. The fraction of sp³-hybridized carbons (Fsp3) is 0.417. The molecule has 0 bridgehead atoms. The summed E-state index contributed by atoms with van der Waals surface area (Å²) in [5, 5.41) is 0. The fourth-order valence-electron chi connectivity index (χ4n) is 1.89. The van der Waals surface area contributed by atoms with Crippen LogP contribution in [0.2, 0.25) is 0 Å². The van der Waals surface area contributed by atoms with Crippen LogP contribution in [0.4, 0.5) is 18.0 Å². The Morgan fingerprint density at radius 1 is 1.42 bits per heavy atom. The first-order chi connectivity index (χ1) is 8.90. The number of hydrogen-bond acceptors (Lipinski definition) is 3. The minimum Gasteiger partial charge on any atom is -0.443 e. The molecule has 0 unspecified atom stereocenters. The van der Waals surface area contributed by atoms with Gasteiger partial charge < -0.3 is 15.4 Å². The number of benzene rings is 1. The highest BCUT2D eigenvalue weighted by molar-refractivity contribution is 5.70. The van der Waals surface area contributed by atoms with Gasteiger partial charge in [-0.1, -0.05) is 12.1 Å². The molecular formula is C12H13F3N2O2. The molecule has 0 aromatic heterocycles. The van der Waals surface area contributed by atoms with E-state index in [0.717, 1.165) is 12.1 Å². The SMILES string of the molecule is NC[C@H]1CN(Cc2cccc(C(F)(F)F)c2)C(=O)O1. The predicted octanol–water partition coefficient (Wildman–Crippen LogP) is 1.98. The van der Waals surface area contributed by atoms with E-state index >= 15 is 0 Å². The minimum atomic E-state index is -4.39. The molecule has 1 saturated heterocycles. The van der Waals surface area contributed by atoms with Gasteiger partial charge in [0.15, 0.2) is 0 Å². The summed E-state index contributed by atoms with van der Waals surface area (Å²) in [5.41, 5.74) is 5.06. The van der Waals surface area contributed by atoms with Gasteiger partial charge in [0.25, 0.3) is 0 Å². The zero-order valence-corrected chi connectivity index (χ0v) is 9.98. The number of halogens is 3. The Balaban J connectivity index is 2.10. The second kappa shape index (κ2) is 5.08. The summed E-state index contributed by atoms with van der Waals surface area (Å²) in [6.07, 6.45) is -5.33. The third-order valence-electron chi connectivity index (χ3n) is 2.84. The molecule has 1 amide bonds. The van der Waals surface area contributed by atoms with E-state index in [2.05, 4.69) is 0 Å². The quantitative estimate of drug-likeness (QED) is 0.917. The molecule has 1 heterocycles.